The predicted molar refractivity (Wildman–Crippen MR) is 87.3 cm³/mol. The van der Waals surface area contributed by atoms with Gasteiger partial charge in [-0.15, -0.1) is 10.2 Å². The molecule has 2 atom stereocenters. The van der Waals surface area contributed by atoms with Crippen LogP contribution < -0.4 is 11.1 Å². The molecule has 0 radical (unpaired) electrons. The van der Waals surface area contributed by atoms with Crippen LogP contribution in [0.2, 0.25) is 5.15 Å². The van der Waals surface area contributed by atoms with E-state index in [1.807, 2.05) is 18.2 Å². The van der Waals surface area contributed by atoms with Crippen LogP contribution in [0.5, 0.6) is 0 Å². The third kappa shape index (κ3) is 3.60. The van der Waals surface area contributed by atoms with Crippen molar-refractivity contribution >= 4 is 23.3 Å². The van der Waals surface area contributed by atoms with Gasteiger partial charge in [0.05, 0.1) is 11.7 Å². The smallest absolute Gasteiger partial charge is 0.252 e. The summed E-state index contributed by atoms with van der Waals surface area (Å²) in [6.07, 6.45) is 0.959. The van der Waals surface area contributed by atoms with Crippen molar-refractivity contribution in [2.45, 2.75) is 12.5 Å². The summed E-state index contributed by atoms with van der Waals surface area (Å²) in [5, 5.41) is 11.0. The van der Waals surface area contributed by atoms with E-state index >= 15 is 0 Å². The van der Waals surface area contributed by atoms with Gasteiger partial charge in [0, 0.05) is 19.1 Å². The minimum Gasteiger partial charge on any atom is -0.373 e. The summed E-state index contributed by atoms with van der Waals surface area (Å²) in [5.41, 5.74) is 6.74. The number of primary amides is 1. The largest absolute Gasteiger partial charge is 0.373 e. The highest BCUT2D eigenvalue weighted by atomic mass is 35.5. The highest BCUT2D eigenvalue weighted by molar-refractivity contribution is 6.29. The molecule has 1 saturated heterocycles. The molecule has 2 heterocycles. The molecule has 2 aromatic rings. The Morgan fingerprint density at radius 2 is 2.13 bits per heavy atom. The Kier molecular flexibility index (Phi) is 4.73. The number of nitrogens with two attached hydrogens (primary N) is 1. The topological polar surface area (TPSA) is 90.1 Å². The SMILES string of the molecule is NC(=O)c1cc(Cl)nnc1NCC1CCOC1c1ccccc1. The van der Waals surface area contributed by atoms with Crippen molar-refractivity contribution in [2.24, 2.45) is 11.7 Å². The number of ether oxygens (including phenoxy) is 1. The van der Waals surface area contributed by atoms with E-state index in [0.29, 0.717) is 19.0 Å². The minimum atomic E-state index is -0.591. The number of anilines is 1. The number of carbonyl (C=O) groups is 1. The lowest BCUT2D eigenvalue weighted by Gasteiger charge is -2.20. The van der Waals surface area contributed by atoms with E-state index in [-0.39, 0.29) is 22.7 Å². The lowest BCUT2D eigenvalue weighted by atomic mass is 9.95. The van der Waals surface area contributed by atoms with Gasteiger partial charge in [-0.1, -0.05) is 41.9 Å². The molecule has 0 saturated carbocycles. The number of amides is 1. The van der Waals surface area contributed by atoms with Crippen molar-refractivity contribution in [3.8, 4) is 0 Å². The molecule has 1 fully saturated rings. The van der Waals surface area contributed by atoms with Crippen LogP contribution in [0.25, 0.3) is 0 Å². The Bertz CT molecular complexity index is 696. The number of halogens is 1. The lowest BCUT2D eigenvalue weighted by molar-refractivity contribution is 0.0933. The van der Waals surface area contributed by atoms with E-state index in [1.54, 1.807) is 0 Å². The number of hydrogen-bond donors (Lipinski definition) is 2. The zero-order valence-corrected chi connectivity index (χ0v) is 13.2. The molecule has 0 spiro atoms. The Morgan fingerprint density at radius 1 is 1.35 bits per heavy atom. The van der Waals surface area contributed by atoms with Gasteiger partial charge in [-0.05, 0) is 18.1 Å². The van der Waals surface area contributed by atoms with Crippen molar-refractivity contribution in [3.05, 3.63) is 52.7 Å². The van der Waals surface area contributed by atoms with Crippen LogP contribution in [0.1, 0.15) is 28.4 Å². The van der Waals surface area contributed by atoms with Gasteiger partial charge in [-0.25, -0.2) is 0 Å². The van der Waals surface area contributed by atoms with E-state index in [2.05, 4.69) is 27.6 Å². The second-order valence-corrected chi connectivity index (χ2v) is 5.81. The molecule has 3 rings (SSSR count). The average molecular weight is 333 g/mol. The van der Waals surface area contributed by atoms with E-state index in [1.165, 1.54) is 6.07 Å². The Morgan fingerprint density at radius 3 is 2.87 bits per heavy atom. The van der Waals surface area contributed by atoms with Crippen LogP contribution >= 0.6 is 11.6 Å². The van der Waals surface area contributed by atoms with E-state index in [9.17, 15) is 4.79 Å². The summed E-state index contributed by atoms with van der Waals surface area (Å²) in [5.74, 6) is 0.0304. The lowest BCUT2D eigenvalue weighted by Crippen LogP contribution is -2.21. The second-order valence-electron chi connectivity index (χ2n) is 5.43. The van der Waals surface area contributed by atoms with Crippen LogP contribution in [0.15, 0.2) is 36.4 Å². The molecule has 1 aromatic carbocycles. The van der Waals surface area contributed by atoms with Gasteiger partial charge in [-0.2, -0.15) is 0 Å². The van der Waals surface area contributed by atoms with Gasteiger partial charge in [0.15, 0.2) is 11.0 Å². The zero-order chi connectivity index (χ0) is 16.2. The number of nitrogens with one attached hydrogen (secondary N) is 1. The summed E-state index contributed by atoms with van der Waals surface area (Å²) < 4.78 is 5.85. The van der Waals surface area contributed by atoms with Crippen molar-refractivity contribution in [3.63, 3.8) is 0 Å². The van der Waals surface area contributed by atoms with Gasteiger partial charge in [-0.3, -0.25) is 4.79 Å². The number of carbonyl (C=O) groups excluding carboxylic acids is 1. The van der Waals surface area contributed by atoms with Crippen LogP contribution in [0, 0.1) is 5.92 Å². The predicted octanol–water partition coefficient (Wildman–Crippen LogP) is 2.42. The van der Waals surface area contributed by atoms with Crippen molar-refractivity contribution in [2.75, 3.05) is 18.5 Å². The third-order valence-corrected chi connectivity index (χ3v) is 4.09. The fourth-order valence-electron chi connectivity index (χ4n) is 2.77. The number of hydrogen-bond acceptors (Lipinski definition) is 5. The maximum atomic E-state index is 11.5. The molecule has 2 unspecified atom stereocenters. The fraction of sp³-hybridized carbons (Fsp3) is 0.312. The monoisotopic (exact) mass is 332 g/mol. The first-order chi connectivity index (χ1) is 11.1. The Balaban J connectivity index is 1.72. The van der Waals surface area contributed by atoms with E-state index < -0.39 is 5.91 Å². The third-order valence-electron chi connectivity index (χ3n) is 3.90. The number of nitrogens with zero attached hydrogens (tertiary/aromatic N) is 2. The fourth-order valence-corrected chi connectivity index (χ4v) is 2.92. The summed E-state index contributed by atoms with van der Waals surface area (Å²) in [4.78, 5) is 11.5. The van der Waals surface area contributed by atoms with Crippen LogP contribution in [-0.4, -0.2) is 29.3 Å². The molecule has 7 heteroatoms. The standard InChI is InChI=1S/C16H17ClN4O2/c17-13-8-12(15(18)22)16(21-20-13)19-9-11-6-7-23-14(11)10-4-2-1-3-5-10/h1-5,8,11,14H,6-7,9H2,(H2,18,22)(H,19,21). The highest BCUT2D eigenvalue weighted by Crippen LogP contribution is 2.34. The minimum absolute atomic E-state index is 0.0287. The molecule has 3 N–H and O–H groups in total. The normalized spacial score (nSPS) is 20.4. The summed E-state index contributed by atoms with van der Waals surface area (Å²) in [6, 6.07) is 11.5. The molecule has 6 nitrogen and oxygen atoms in total. The molecule has 1 aliphatic rings. The molecule has 0 aliphatic carbocycles. The molecular formula is C16H17ClN4O2. The van der Waals surface area contributed by atoms with Crippen LogP contribution in [0.4, 0.5) is 5.82 Å². The van der Waals surface area contributed by atoms with E-state index in [0.717, 1.165) is 12.0 Å². The molecule has 1 amide bonds. The first-order valence-electron chi connectivity index (χ1n) is 7.38. The van der Waals surface area contributed by atoms with Crippen LogP contribution in [0.3, 0.4) is 0 Å². The molecule has 1 aromatic heterocycles. The van der Waals surface area contributed by atoms with Gasteiger partial charge in [0.1, 0.15) is 0 Å². The van der Waals surface area contributed by atoms with E-state index in [4.69, 9.17) is 22.1 Å². The summed E-state index contributed by atoms with van der Waals surface area (Å²) >= 11 is 5.76. The first kappa shape index (κ1) is 15.7. The molecule has 1 aliphatic heterocycles. The summed E-state index contributed by atoms with van der Waals surface area (Å²) in [7, 11) is 0. The zero-order valence-electron chi connectivity index (χ0n) is 12.4. The van der Waals surface area contributed by atoms with Gasteiger partial charge >= 0.3 is 0 Å². The molecule has 0 bridgehead atoms. The van der Waals surface area contributed by atoms with Gasteiger partial charge in [0.25, 0.3) is 5.91 Å². The van der Waals surface area contributed by atoms with Crippen molar-refractivity contribution in [1.29, 1.82) is 0 Å². The van der Waals surface area contributed by atoms with Gasteiger partial charge in [0.2, 0.25) is 0 Å². The molecular weight excluding hydrogens is 316 g/mol. The van der Waals surface area contributed by atoms with Gasteiger partial charge < -0.3 is 15.8 Å². The van der Waals surface area contributed by atoms with Crippen molar-refractivity contribution < 1.29 is 9.53 Å². The summed E-state index contributed by atoms with van der Waals surface area (Å²) in [6.45, 7) is 1.32. The Hall–Kier alpha value is -2.18. The maximum Gasteiger partial charge on any atom is 0.252 e. The molecule has 23 heavy (non-hydrogen) atoms. The number of rotatable bonds is 5. The molecule has 120 valence electrons. The average Bonchev–Trinajstić information content (AvgIpc) is 3.03. The van der Waals surface area contributed by atoms with Crippen LogP contribution in [-0.2, 0) is 4.74 Å². The maximum absolute atomic E-state index is 11.5. The van der Waals surface area contributed by atoms with Crippen molar-refractivity contribution in [1.82, 2.24) is 10.2 Å². The quantitative estimate of drug-likeness (QED) is 0.877. The second kappa shape index (κ2) is 6.93. The number of aromatic nitrogens is 2. The highest BCUT2D eigenvalue weighted by Gasteiger charge is 2.29. The first-order valence-corrected chi connectivity index (χ1v) is 7.76. The Labute approximate surface area is 139 Å². The number of benzene rings is 1.